The van der Waals surface area contributed by atoms with Gasteiger partial charge in [0.15, 0.2) is 5.56 Å². The highest BCUT2D eigenvalue weighted by Crippen LogP contribution is 2.30. The van der Waals surface area contributed by atoms with E-state index in [2.05, 4.69) is 4.98 Å². The molecule has 1 aromatic heterocycles. The highest BCUT2D eigenvalue weighted by molar-refractivity contribution is 5.93. The molecule has 0 amide bonds. The summed E-state index contributed by atoms with van der Waals surface area (Å²) in [7, 11) is 0. The van der Waals surface area contributed by atoms with Crippen molar-refractivity contribution in [2.75, 3.05) is 6.61 Å². The van der Waals surface area contributed by atoms with Gasteiger partial charge in [0.2, 0.25) is 0 Å². The first kappa shape index (κ1) is 15.8. The lowest BCUT2D eigenvalue weighted by atomic mass is 10.00. The third kappa shape index (κ3) is 2.88. The second-order valence-electron chi connectivity index (χ2n) is 4.97. The minimum absolute atomic E-state index is 0.138. The van der Waals surface area contributed by atoms with Gasteiger partial charge in [0.05, 0.1) is 12.3 Å². The molecule has 2 aromatic rings. The van der Waals surface area contributed by atoms with Crippen LogP contribution in [-0.4, -0.2) is 22.7 Å². The molecule has 0 saturated carbocycles. The molecule has 0 fully saturated rings. The maximum absolute atomic E-state index is 12.2. The number of nitrogens with one attached hydrogen (secondary N) is 1. The van der Waals surface area contributed by atoms with E-state index in [1.54, 1.807) is 6.92 Å². The lowest BCUT2D eigenvalue weighted by Gasteiger charge is -2.13. The van der Waals surface area contributed by atoms with Crippen LogP contribution in [0.1, 0.15) is 35.3 Å². The van der Waals surface area contributed by atoms with Crippen LogP contribution in [-0.2, 0) is 11.2 Å². The summed E-state index contributed by atoms with van der Waals surface area (Å²) < 4.78 is 4.83. The SMILES string of the molecule is CCOC(=O)c1c(O)c(CC)c(-c2ccc(C)cc2)[nH]c1=O. The summed E-state index contributed by atoms with van der Waals surface area (Å²) in [6, 6.07) is 7.57. The van der Waals surface area contributed by atoms with Crippen LogP contribution in [0.5, 0.6) is 5.75 Å². The maximum atomic E-state index is 12.2. The van der Waals surface area contributed by atoms with Crippen molar-refractivity contribution in [3.63, 3.8) is 0 Å². The smallest absolute Gasteiger partial charge is 0.347 e. The fourth-order valence-corrected chi connectivity index (χ4v) is 2.33. The largest absolute Gasteiger partial charge is 0.506 e. The van der Waals surface area contributed by atoms with Crippen LogP contribution in [0.15, 0.2) is 29.1 Å². The number of rotatable bonds is 4. The third-order valence-electron chi connectivity index (χ3n) is 3.46. The number of hydrogen-bond acceptors (Lipinski definition) is 4. The van der Waals surface area contributed by atoms with Crippen LogP contribution in [0.2, 0.25) is 0 Å². The van der Waals surface area contributed by atoms with Gasteiger partial charge in [-0.3, -0.25) is 4.79 Å². The molecule has 0 spiro atoms. The summed E-state index contributed by atoms with van der Waals surface area (Å²) in [6.45, 7) is 5.60. The van der Waals surface area contributed by atoms with E-state index >= 15 is 0 Å². The molecule has 0 radical (unpaired) electrons. The zero-order valence-corrected chi connectivity index (χ0v) is 12.9. The lowest BCUT2D eigenvalue weighted by Crippen LogP contribution is -2.22. The highest BCUT2D eigenvalue weighted by Gasteiger charge is 2.23. The van der Waals surface area contributed by atoms with Crippen LogP contribution in [0, 0.1) is 6.92 Å². The summed E-state index contributed by atoms with van der Waals surface area (Å²) in [4.78, 5) is 26.7. The number of H-pyrrole nitrogens is 1. The molecule has 0 atom stereocenters. The monoisotopic (exact) mass is 301 g/mol. The number of hydrogen-bond donors (Lipinski definition) is 2. The first-order valence-corrected chi connectivity index (χ1v) is 7.21. The van der Waals surface area contributed by atoms with Gasteiger partial charge in [-0.2, -0.15) is 0 Å². The molecule has 1 aromatic carbocycles. The van der Waals surface area contributed by atoms with Gasteiger partial charge in [-0.05, 0) is 25.8 Å². The zero-order valence-electron chi connectivity index (χ0n) is 12.9. The molecule has 5 nitrogen and oxygen atoms in total. The summed E-state index contributed by atoms with van der Waals surface area (Å²) in [5.41, 5.74) is 1.93. The average Bonchev–Trinajstić information content (AvgIpc) is 2.48. The molecule has 22 heavy (non-hydrogen) atoms. The van der Waals surface area contributed by atoms with Crippen LogP contribution >= 0.6 is 0 Å². The minimum Gasteiger partial charge on any atom is -0.506 e. The van der Waals surface area contributed by atoms with E-state index in [4.69, 9.17) is 4.74 Å². The second-order valence-corrected chi connectivity index (χ2v) is 4.97. The Morgan fingerprint density at radius 2 is 1.86 bits per heavy atom. The standard InChI is InChI=1S/C17H19NO4/c1-4-12-14(11-8-6-10(3)7-9-11)18-16(20)13(15(12)19)17(21)22-5-2/h6-9H,4-5H2,1-3H3,(H2,18,19,20). The Kier molecular flexibility index (Phi) is 4.65. The summed E-state index contributed by atoms with van der Waals surface area (Å²) in [6.07, 6.45) is 0.470. The van der Waals surface area contributed by atoms with E-state index in [0.717, 1.165) is 11.1 Å². The van der Waals surface area contributed by atoms with Gasteiger partial charge in [-0.1, -0.05) is 36.8 Å². The van der Waals surface area contributed by atoms with Crippen molar-refractivity contribution in [2.24, 2.45) is 0 Å². The van der Waals surface area contributed by atoms with E-state index in [1.807, 2.05) is 38.1 Å². The number of esters is 1. The summed E-state index contributed by atoms with van der Waals surface area (Å²) in [5, 5.41) is 10.3. The molecule has 0 unspecified atom stereocenters. The van der Waals surface area contributed by atoms with Crippen molar-refractivity contribution in [3.05, 3.63) is 51.3 Å². The zero-order chi connectivity index (χ0) is 16.3. The Labute approximate surface area is 128 Å². The molecule has 0 aliphatic rings. The molecule has 0 bridgehead atoms. The van der Waals surface area contributed by atoms with E-state index in [1.165, 1.54) is 0 Å². The normalized spacial score (nSPS) is 10.5. The van der Waals surface area contributed by atoms with E-state index < -0.39 is 11.5 Å². The predicted molar refractivity (Wildman–Crippen MR) is 84.2 cm³/mol. The molecule has 0 saturated heterocycles. The van der Waals surface area contributed by atoms with Crippen LogP contribution in [0.4, 0.5) is 0 Å². The Hall–Kier alpha value is -2.56. The number of pyridine rings is 1. The third-order valence-corrected chi connectivity index (χ3v) is 3.46. The van der Waals surface area contributed by atoms with Gasteiger partial charge >= 0.3 is 5.97 Å². The van der Waals surface area contributed by atoms with E-state index in [0.29, 0.717) is 17.7 Å². The molecule has 0 aliphatic heterocycles. The van der Waals surface area contributed by atoms with Crippen molar-refractivity contribution in [3.8, 4) is 17.0 Å². The molecular formula is C17H19NO4. The molecule has 2 rings (SSSR count). The topological polar surface area (TPSA) is 79.4 Å². The lowest BCUT2D eigenvalue weighted by molar-refractivity contribution is 0.0520. The molecule has 116 valence electrons. The number of carbonyl (C=O) groups excluding carboxylic acids is 1. The number of ether oxygens (including phenoxy) is 1. The number of aryl methyl sites for hydroxylation is 1. The van der Waals surface area contributed by atoms with Gasteiger partial charge < -0.3 is 14.8 Å². The Bertz CT molecular complexity index is 744. The number of carbonyl (C=O) groups is 1. The predicted octanol–water partition coefficient (Wildman–Crippen LogP) is 2.80. The van der Waals surface area contributed by atoms with Crippen molar-refractivity contribution >= 4 is 5.97 Å². The van der Waals surface area contributed by atoms with Crippen molar-refractivity contribution in [1.29, 1.82) is 0 Å². The van der Waals surface area contributed by atoms with Crippen molar-refractivity contribution in [2.45, 2.75) is 27.2 Å². The van der Waals surface area contributed by atoms with E-state index in [-0.39, 0.29) is 17.9 Å². The van der Waals surface area contributed by atoms with Gasteiger partial charge in [-0.15, -0.1) is 0 Å². The van der Waals surface area contributed by atoms with Gasteiger partial charge in [0.1, 0.15) is 5.75 Å². The maximum Gasteiger partial charge on any atom is 0.347 e. The molecule has 2 N–H and O–H groups in total. The number of aromatic nitrogens is 1. The summed E-state index contributed by atoms with van der Waals surface area (Å²) >= 11 is 0. The van der Waals surface area contributed by atoms with Crippen molar-refractivity contribution in [1.82, 2.24) is 4.98 Å². The number of benzene rings is 1. The summed E-state index contributed by atoms with van der Waals surface area (Å²) in [5.74, 6) is -1.12. The second kappa shape index (κ2) is 6.47. The van der Waals surface area contributed by atoms with Gasteiger partial charge in [0.25, 0.3) is 5.56 Å². The quantitative estimate of drug-likeness (QED) is 0.851. The highest BCUT2D eigenvalue weighted by atomic mass is 16.5. The van der Waals surface area contributed by atoms with Crippen molar-refractivity contribution < 1.29 is 14.6 Å². The number of aromatic hydroxyl groups is 1. The molecule has 0 aliphatic carbocycles. The van der Waals surface area contributed by atoms with Crippen LogP contribution < -0.4 is 5.56 Å². The van der Waals surface area contributed by atoms with Gasteiger partial charge in [0, 0.05) is 5.56 Å². The van der Waals surface area contributed by atoms with E-state index in [9.17, 15) is 14.7 Å². The fraction of sp³-hybridized carbons (Fsp3) is 0.294. The molecule has 1 heterocycles. The fourth-order valence-electron chi connectivity index (χ4n) is 2.33. The van der Waals surface area contributed by atoms with Crippen LogP contribution in [0.25, 0.3) is 11.3 Å². The average molecular weight is 301 g/mol. The first-order chi connectivity index (χ1) is 10.5. The molecule has 5 heteroatoms. The molecular weight excluding hydrogens is 282 g/mol. The Balaban J connectivity index is 2.65. The van der Waals surface area contributed by atoms with Crippen LogP contribution in [0.3, 0.4) is 0 Å². The Morgan fingerprint density at radius 1 is 1.23 bits per heavy atom. The Morgan fingerprint density at radius 3 is 2.41 bits per heavy atom. The minimum atomic E-state index is -0.814. The number of aromatic amines is 1. The first-order valence-electron chi connectivity index (χ1n) is 7.21. The van der Waals surface area contributed by atoms with Gasteiger partial charge in [-0.25, -0.2) is 4.79 Å².